The topological polar surface area (TPSA) is 0 Å². The normalized spacial score (nSPS) is 12.8. The molecule has 0 fully saturated rings. The summed E-state index contributed by atoms with van der Waals surface area (Å²) in [5, 5.41) is 0. The number of halogens is 2. The molecule has 270 valence electrons. The van der Waals surface area contributed by atoms with Crippen LogP contribution in [0.5, 0.6) is 0 Å². The van der Waals surface area contributed by atoms with E-state index in [9.17, 15) is 0 Å². The van der Waals surface area contributed by atoms with Crippen molar-refractivity contribution < 1.29 is 46.1 Å². The van der Waals surface area contributed by atoms with Crippen LogP contribution in [0.2, 0.25) is 0 Å². The van der Waals surface area contributed by atoms with Crippen LogP contribution in [0.1, 0.15) is 81.3 Å². The van der Waals surface area contributed by atoms with Gasteiger partial charge in [0.1, 0.15) is 0 Å². The second-order valence-electron chi connectivity index (χ2n) is 16.5. The first-order chi connectivity index (χ1) is 25.1. The molecule has 2 aliphatic rings. The van der Waals surface area contributed by atoms with Crippen LogP contribution in [-0.2, 0) is 38.5 Å². The standard InChI is InChI=1S/C33H33.C13H10.C5H5.2ClH.Zr/c1-32(2,3)30-20-26-24(18-28(30)22-13-9-7-10-14-22)17-25-19-29(23-15-11-8-12-16-23)31(21-27(25)26)33(4,5)6;1-3-7-12(8-4-1)11-13-9-5-2-6-10-13;1-2-4-5-3-1;;;/h7-16,18,20-21H,17H2,1-6H3;1-10H;1-3H,4H2;2*1H;/q;;;;;+2/p-2. The van der Waals surface area contributed by atoms with E-state index in [0.29, 0.717) is 0 Å². The van der Waals surface area contributed by atoms with Gasteiger partial charge in [-0.1, -0.05) is 0 Å². The van der Waals surface area contributed by atoms with Gasteiger partial charge in [0.25, 0.3) is 0 Å². The number of rotatable bonds is 6. The molecule has 0 spiro atoms. The molecule has 0 aliphatic heterocycles. The SMILES string of the molecule is CC(C)(C)c1cc2c(cc1-c1ccccc1)Cc1c-2cc(C(C)(C)C)c(-c2ccccc2)[c]1[Zr+2]([C]1=CC=CC1)=[C](c1ccccc1)c1ccccc1.[Cl-].[Cl-]. The van der Waals surface area contributed by atoms with E-state index in [4.69, 9.17) is 0 Å². The minimum absolute atomic E-state index is 0. The summed E-state index contributed by atoms with van der Waals surface area (Å²) >= 11 is -3.00. The van der Waals surface area contributed by atoms with Gasteiger partial charge in [-0.25, -0.2) is 0 Å². The molecule has 0 radical (unpaired) electrons. The molecule has 0 bridgehead atoms. The van der Waals surface area contributed by atoms with Crippen LogP contribution in [0.4, 0.5) is 0 Å². The van der Waals surface area contributed by atoms with Gasteiger partial charge in [0.15, 0.2) is 0 Å². The van der Waals surface area contributed by atoms with Crippen molar-refractivity contribution in [3.05, 3.63) is 194 Å². The zero-order valence-electron chi connectivity index (χ0n) is 32.2. The van der Waals surface area contributed by atoms with Gasteiger partial charge in [-0.2, -0.15) is 0 Å². The molecule has 0 aromatic heterocycles. The largest absolute Gasteiger partial charge is 1.00 e. The zero-order chi connectivity index (χ0) is 36.0. The summed E-state index contributed by atoms with van der Waals surface area (Å²) in [5.41, 5.74) is 16.9. The fraction of sp³-hybridized carbons (Fsp3) is 0.196. The Hall–Kier alpha value is -3.87. The second-order valence-corrected chi connectivity index (χ2v) is 22.4. The molecule has 0 saturated carbocycles. The van der Waals surface area contributed by atoms with Crippen molar-refractivity contribution in [2.24, 2.45) is 0 Å². The zero-order valence-corrected chi connectivity index (χ0v) is 36.2. The van der Waals surface area contributed by atoms with Crippen LogP contribution in [0, 0.1) is 0 Å². The first-order valence-electron chi connectivity index (χ1n) is 18.8. The smallest absolute Gasteiger partial charge is 1.00 e. The Balaban J connectivity index is 0.00000249. The Bertz CT molecular complexity index is 2330. The Labute approximate surface area is 343 Å². The predicted octanol–water partition coefficient (Wildman–Crippen LogP) is 6.55. The number of hydrogen-bond acceptors (Lipinski definition) is 0. The van der Waals surface area contributed by atoms with Crippen molar-refractivity contribution in [2.45, 2.75) is 65.2 Å². The molecule has 0 saturated heterocycles. The van der Waals surface area contributed by atoms with Crippen LogP contribution in [0.25, 0.3) is 33.4 Å². The average molecular weight is 823 g/mol. The Morgan fingerprint density at radius 3 is 1.54 bits per heavy atom. The number of benzene rings is 6. The van der Waals surface area contributed by atoms with Gasteiger partial charge in [0.05, 0.1) is 0 Å². The van der Waals surface area contributed by atoms with Gasteiger partial charge < -0.3 is 24.8 Å². The Kier molecular flexibility index (Phi) is 11.9. The third-order valence-electron chi connectivity index (χ3n) is 10.8. The van der Waals surface area contributed by atoms with E-state index >= 15 is 0 Å². The van der Waals surface area contributed by atoms with Gasteiger partial charge in [-0.3, -0.25) is 0 Å². The maximum Gasteiger partial charge on any atom is -1.00 e. The van der Waals surface area contributed by atoms with Gasteiger partial charge in [-0.15, -0.1) is 0 Å². The summed E-state index contributed by atoms with van der Waals surface area (Å²) in [7, 11) is 0. The van der Waals surface area contributed by atoms with Crippen molar-refractivity contribution in [1.29, 1.82) is 0 Å². The van der Waals surface area contributed by atoms with Gasteiger partial charge in [-0.05, 0) is 0 Å². The number of hydrogen-bond donors (Lipinski definition) is 0. The minimum Gasteiger partial charge on any atom is -1.00 e. The van der Waals surface area contributed by atoms with Crippen LogP contribution < -0.4 is 28.1 Å². The molecular weight excluding hydrogens is 775 g/mol. The summed E-state index contributed by atoms with van der Waals surface area (Å²) in [6.45, 7) is 14.4. The monoisotopic (exact) mass is 820 g/mol. The quantitative estimate of drug-likeness (QED) is 0.179. The van der Waals surface area contributed by atoms with E-state index in [1.54, 1.807) is 15.3 Å². The van der Waals surface area contributed by atoms with Crippen LogP contribution in [0.15, 0.2) is 161 Å². The first kappa shape index (κ1) is 39.8. The number of fused-ring (bicyclic) bond motifs is 3. The Morgan fingerprint density at radius 2 is 1.04 bits per heavy atom. The van der Waals surface area contributed by atoms with Crippen molar-refractivity contribution in [3.8, 4) is 33.4 Å². The molecule has 3 heteroatoms. The summed E-state index contributed by atoms with van der Waals surface area (Å²) in [6, 6.07) is 52.8. The fourth-order valence-electron chi connectivity index (χ4n) is 8.37. The van der Waals surface area contributed by atoms with E-state index in [0.717, 1.165) is 12.8 Å². The van der Waals surface area contributed by atoms with Crippen LogP contribution in [0.3, 0.4) is 0 Å². The molecule has 0 unspecified atom stereocenters. The van der Waals surface area contributed by atoms with Gasteiger partial charge in [0, 0.05) is 0 Å². The maximum atomic E-state index is 2.61. The molecule has 6 aromatic carbocycles. The maximum absolute atomic E-state index is 3.00. The molecule has 2 aliphatic carbocycles. The second kappa shape index (κ2) is 16.1. The molecule has 0 heterocycles. The van der Waals surface area contributed by atoms with Crippen molar-refractivity contribution in [1.82, 2.24) is 0 Å². The molecule has 0 nitrogen and oxygen atoms in total. The van der Waals surface area contributed by atoms with Crippen molar-refractivity contribution in [3.63, 3.8) is 0 Å². The number of allylic oxidation sites excluding steroid dienone is 4. The molecule has 6 aromatic rings. The van der Waals surface area contributed by atoms with Crippen LogP contribution >= 0.6 is 0 Å². The van der Waals surface area contributed by atoms with Crippen molar-refractivity contribution >= 4 is 6.48 Å². The molecule has 54 heavy (non-hydrogen) atoms. The summed E-state index contributed by atoms with van der Waals surface area (Å²) in [4.78, 5) is 0. The molecule has 0 atom stereocenters. The first-order valence-corrected chi connectivity index (χ1v) is 22.5. The molecule has 0 N–H and O–H groups in total. The van der Waals surface area contributed by atoms with Gasteiger partial charge in [0.2, 0.25) is 0 Å². The third-order valence-corrected chi connectivity index (χ3v) is 18.5. The summed E-state index contributed by atoms with van der Waals surface area (Å²) < 4.78 is 4.87. The minimum atomic E-state index is -3.00. The fourth-order valence-corrected chi connectivity index (χ4v) is 16.8. The van der Waals surface area contributed by atoms with Crippen molar-refractivity contribution in [2.75, 3.05) is 0 Å². The van der Waals surface area contributed by atoms with E-state index in [1.807, 2.05) is 0 Å². The summed E-state index contributed by atoms with van der Waals surface area (Å²) in [6.07, 6.45) is 9.17. The van der Waals surface area contributed by atoms with E-state index in [-0.39, 0.29) is 35.6 Å². The average Bonchev–Trinajstić information content (AvgIpc) is 3.82. The van der Waals surface area contributed by atoms with E-state index < -0.39 is 21.3 Å². The third kappa shape index (κ3) is 7.53. The Morgan fingerprint density at radius 1 is 0.537 bits per heavy atom. The van der Waals surface area contributed by atoms with Crippen LogP contribution in [-0.4, -0.2) is 3.21 Å². The molecule has 8 rings (SSSR count). The predicted molar refractivity (Wildman–Crippen MR) is 221 cm³/mol. The molecular formula is C51H48Cl2Zr. The van der Waals surface area contributed by atoms with E-state index in [1.165, 1.54) is 61.2 Å². The van der Waals surface area contributed by atoms with E-state index in [2.05, 4.69) is 199 Å². The van der Waals surface area contributed by atoms with Gasteiger partial charge >= 0.3 is 321 Å². The summed E-state index contributed by atoms with van der Waals surface area (Å²) in [5.74, 6) is 0. The molecule has 0 amide bonds.